The average Bonchev–Trinajstić information content (AvgIpc) is 2.55. The Labute approximate surface area is 147 Å². The van der Waals surface area contributed by atoms with Crippen molar-refractivity contribution in [2.45, 2.75) is 130 Å². The van der Waals surface area contributed by atoms with Crippen LogP contribution in [0.15, 0.2) is 0 Å². The Kier molecular flexibility index (Phi) is 17.8. The molecule has 0 N–H and O–H groups in total. The molecular formula is C22H44O. The van der Waals surface area contributed by atoms with E-state index in [0.717, 1.165) is 19.3 Å². The summed E-state index contributed by atoms with van der Waals surface area (Å²) in [5.74, 6) is 0.802. The first kappa shape index (κ1) is 22.7. The van der Waals surface area contributed by atoms with Gasteiger partial charge in [0.25, 0.3) is 0 Å². The Morgan fingerprint density at radius 2 is 1.00 bits per heavy atom. The van der Waals surface area contributed by atoms with Gasteiger partial charge in [-0.2, -0.15) is 0 Å². The molecule has 1 nitrogen and oxygen atoms in total. The Hall–Kier alpha value is -0.330. The SMILES string of the molecule is CCCCCCCCCCCCCCC(C)C(=O)CCCCC. The molecule has 0 radical (unpaired) electrons. The molecule has 1 unspecified atom stereocenters. The highest BCUT2D eigenvalue weighted by Crippen LogP contribution is 2.16. The smallest absolute Gasteiger partial charge is 0.135 e. The summed E-state index contributed by atoms with van der Waals surface area (Å²) in [5, 5.41) is 0. The average molecular weight is 325 g/mol. The van der Waals surface area contributed by atoms with Crippen LogP contribution in [0.2, 0.25) is 0 Å². The highest BCUT2D eigenvalue weighted by atomic mass is 16.1. The summed E-state index contributed by atoms with van der Waals surface area (Å²) < 4.78 is 0. The molecule has 0 spiro atoms. The van der Waals surface area contributed by atoms with Crippen molar-refractivity contribution in [3.8, 4) is 0 Å². The van der Waals surface area contributed by atoms with Gasteiger partial charge in [0.2, 0.25) is 0 Å². The number of hydrogen-bond acceptors (Lipinski definition) is 1. The fraction of sp³-hybridized carbons (Fsp3) is 0.955. The summed E-state index contributed by atoms with van der Waals surface area (Å²) in [6, 6.07) is 0. The van der Waals surface area contributed by atoms with Crippen molar-refractivity contribution in [2.75, 3.05) is 0 Å². The van der Waals surface area contributed by atoms with Gasteiger partial charge in [0.15, 0.2) is 0 Å². The van der Waals surface area contributed by atoms with E-state index in [1.165, 1.54) is 89.9 Å². The molecule has 1 heteroatoms. The van der Waals surface area contributed by atoms with E-state index in [0.29, 0.717) is 11.7 Å². The first-order valence-corrected chi connectivity index (χ1v) is 10.7. The molecule has 0 heterocycles. The Morgan fingerprint density at radius 1 is 0.609 bits per heavy atom. The summed E-state index contributed by atoms with van der Waals surface area (Å²) in [6.45, 7) is 6.61. The maximum Gasteiger partial charge on any atom is 0.135 e. The minimum Gasteiger partial charge on any atom is -0.299 e. The summed E-state index contributed by atoms with van der Waals surface area (Å²) in [6.07, 6.45) is 22.1. The van der Waals surface area contributed by atoms with E-state index in [9.17, 15) is 4.79 Å². The Morgan fingerprint density at radius 3 is 1.48 bits per heavy atom. The lowest BCUT2D eigenvalue weighted by atomic mass is 9.95. The lowest BCUT2D eigenvalue weighted by Crippen LogP contribution is -2.10. The van der Waals surface area contributed by atoms with Crippen molar-refractivity contribution in [1.82, 2.24) is 0 Å². The van der Waals surface area contributed by atoms with E-state index in [-0.39, 0.29) is 0 Å². The van der Waals surface area contributed by atoms with Gasteiger partial charge in [-0.1, -0.05) is 111 Å². The molecule has 0 amide bonds. The van der Waals surface area contributed by atoms with Crippen LogP contribution in [-0.2, 0) is 4.79 Å². The second-order valence-electron chi connectivity index (χ2n) is 7.50. The minimum absolute atomic E-state index is 0.301. The van der Waals surface area contributed by atoms with E-state index in [1.54, 1.807) is 0 Å². The van der Waals surface area contributed by atoms with Crippen molar-refractivity contribution in [3.63, 3.8) is 0 Å². The van der Waals surface area contributed by atoms with Gasteiger partial charge >= 0.3 is 0 Å². The van der Waals surface area contributed by atoms with Crippen molar-refractivity contribution in [2.24, 2.45) is 5.92 Å². The van der Waals surface area contributed by atoms with Gasteiger partial charge in [-0.05, 0) is 12.8 Å². The van der Waals surface area contributed by atoms with Crippen molar-refractivity contribution in [1.29, 1.82) is 0 Å². The van der Waals surface area contributed by atoms with Crippen LogP contribution >= 0.6 is 0 Å². The molecule has 0 saturated carbocycles. The third-order valence-electron chi connectivity index (χ3n) is 5.07. The first-order chi connectivity index (χ1) is 11.2. The number of rotatable bonds is 18. The van der Waals surface area contributed by atoms with Crippen LogP contribution in [0, 0.1) is 5.92 Å². The molecule has 23 heavy (non-hydrogen) atoms. The maximum atomic E-state index is 12.0. The number of unbranched alkanes of at least 4 members (excludes halogenated alkanes) is 13. The molecule has 0 aromatic rings. The van der Waals surface area contributed by atoms with Gasteiger partial charge in [-0.25, -0.2) is 0 Å². The number of carbonyl (C=O) groups excluding carboxylic acids is 1. The van der Waals surface area contributed by atoms with Gasteiger partial charge in [0.05, 0.1) is 0 Å². The fourth-order valence-electron chi connectivity index (χ4n) is 3.25. The zero-order chi connectivity index (χ0) is 17.2. The van der Waals surface area contributed by atoms with Crippen molar-refractivity contribution in [3.05, 3.63) is 0 Å². The zero-order valence-corrected chi connectivity index (χ0v) is 16.5. The van der Waals surface area contributed by atoms with Gasteiger partial charge in [-0.3, -0.25) is 4.79 Å². The molecule has 0 bridgehead atoms. The number of Topliss-reactive ketones (excluding diaryl/α,β-unsaturated/α-hetero) is 1. The van der Waals surface area contributed by atoms with Crippen LogP contribution in [0.25, 0.3) is 0 Å². The molecule has 0 aliphatic carbocycles. The number of ketones is 1. The first-order valence-electron chi connectivity index (χ1n) is 10.7. The highest BCUT2D eigenvalue weighted by Gasteiger charge is 2.11. The van der Waals surface area contributed by atoms with Gasteiger partial charge < -0.3 is 0 Å². The molecule has 0 fully saturated rings. The third-order valence-corrected chi connectivity index (χ3v) is 5.07. The monoisotopic (exact) mass is 324 g/mol. The molecule has 0 aliphatic heterocycles. The Balaban J connectivity index is 3.24. The lowest BCUT2D eigenvalue weighted by Gasteiger charge is -2.10. The predicted octanol–water partition coefficient (Wildman–Crippen LogP) is 7.86. The van der Waals surface area contributed by atoms with Gasteiger partial charge in [-0.15, -0.1) is 0 Å². The fourth-order valence-corrected chi connectivity index (χ4v) is 3.25. The molecule has 138 valence electrons. The van der Waals surface area contributed by atoms with Gasteiger partial charge in [0, 0.05) is 12.3 Å². The summed E-state index contributed by atoms with van der Waals surface area (Å²) in [4.78, 5) is 12.0. The molecule has 0 saturated heterocycles. The van der Waals surface area contributed by atoms with Crippen LogP contribution in [0.3, 0.4) is 0 Å². The molecule has 0 aromatic heterocycles. The topological polar surface area (TPSA) is 17.1 Å². The van der Waals surface area contributed by atoms with Crippen LogP contribution in [0.4, 0.5) is 0 Å². The van der Waals surface area contributed by atoms with Crippen LogP contribution < -0.4 is 0 Å². The minimum atomic E-state index is 0.301. The number of hydrogen-bond donors (Lipinski definition) is 0. The largest absolute Gasteiger partial charge is 0.299 e. The van der Waals surface area contributed by atoms with E-state index < -0.39 is 0 Å². The Bertz CT molecular complexity index is 246. The van der Waals surface area contributed by atoms with Crippen LogP contribution in [0.5, 0.6) is 0 Å². The highest BCUT2D eigenvalue weighted by molar-refractivity contribution is 5.80. The molecule has 0 rings (SSSR count). The van der Waals surface area contributed by atoms with E-state index in [2.05, 4.69) is 20.8 Å². The van der Waals surface area contributed by atoms with Crippen LogP contribution in [-0.4, -0.2) is 5.78 Å². The second kappa shape index (κ2) is 18.0. The molecular weight excluding hydrogens is 280 g/mol. The summed E-state index contributed by atoms with van der Waals surface area (Å²) in [5.41, 5.74) is 0. The predicted molar refractivity (Wildman–Crippen MR) is 104 cm³/mol. The maximum absolute atomic E-state index is 12.0. The van der Waals surface area contributed by atoms with E-state index >= 15 is 0 Å². The molecule has 0 aromatic carbocycles. The third kappa shape index (κ3) is 16.3. The molecule has 0 aliphatic rings. The van der Waals surface area contributed by atoms with Crippen molar-refractivity contribution >= 4 is 5.78 Å². The lowest BCUT2D eigenvalue weighted by molar-refractivity contribution is -0.122. The zero-order valence-electron chi connectivity index (χ0n) is 16.5. The van der Waals surface area contributed by atoms with Crippen molar-refractivity contribution < 1.29 is 4.79 Å². The normalized spacial score (nSPS) is 12.5. The quantitative estimate of drug-likeness (QED) is 0.234. The standard InChI is InChI=1S/C22H44O/c1-4-6-8-9-10-11-12-13-14-15-16-18-19-21(3)22(23)20-17-7-5-2/h21H,4-20H2,1-3H3. The van der Waals surface area contributed by atoms with Crippen LogP contribution in [0.1, 0.15) is 130 Å². The summed E-state index contributed by atoms with van der Waals surface area (Å²) in [7, 11) is 0. The summed E-state index contributed by atoms with van der Waals surface area (Å²) >= 11 is 0. The number of carbonyl (C=O) groups is 1. The van der Waals surface area contributed by atoms with E-state index in [1.807, 2.05) is 0 Å². The second-order valence-corrected chi connectivity index (χ2v) is 7.50. The van der Waals surface area contributed by atoms with E-state index in [4.69, 9.17) is 0 Å². The molecule has 1 atom stereocenters. The van der Waals surface area contributed by atoms with Gasteiger partial charge in [0.1, 0.15) is 5.78 Å².